The number of benzene rings is 1. The highest BCUT2D eigenvalue weighted by Crippen LogP contribution is 2.28. The number of hydrogen-bond acceptors (Lipinski definition) is 3. The van der Waals surface area contributed by atoms with Gasteiger partial charge in [-0.25, -0.2) is 4.98 Å². The summed E-state index contributed by atoms with van der Waals surface area (Å²) in [6.07, 6.45) is 10.5. The number of aryl methyl sites for hydroxylation is 1. The van der Waals surface area contributed by atoms with Gasteiger partial charge in [-0.05, 0) is 55.7 Å². The molecule has 3 aromatic rings. The molecule has 1 aliphatic rings. The van der Waals surface area contributed by atoms with Crippen molar-refractivity contribution in [1.29, 1.82) is 0 Å². The fraction of sp³-hybridized carbons (Fsp3) is 0.143. The lowest BCUT2D eigenvalue weighted by molar-refractivity contribution is 1.01. The Morgan fingerprint density at radius 2 is 1.96 bits per heavy atom. The maximum absolute atomic E-state index is 5.68. The largest absolute Gasteiger partial charge is 0.342 e. The SMILES string of the molecule is Cc1ccnc2c1c(=S)cc(NC1=CCCC=C1)n2-c1ccccc1. The minimum atomic E-state index is 0.815. The number of rotatable bonds is 3. The van der Waals surface area contributed by atoms with Gasteiger partial charge in [0, 0.05) is 23.0 Å². The molecule has 25 heavy (non-hydrogen) atoms. The first kappa shape index (κ1) is 15.8. The van der Waals surface area contributed by atoms with Gasteiger partial charge in [-0.15, -0.1) is 0 Å². The van der Waals surface area contributed by atoms with Crippen LogP contribution in [0.15, 0.2) is 72.6 Å². The Balaban J connectivity index is 2.00. The lowest BCUT2D eigenvalue weighted by atomic mass is 10.1. The van der Waals surface area contributed by atoms with E-state index in [-0.39, 0.29) is 0 Å². The van der Waals surface area contributed by atoms with E-state index < -0.39 is 0 Å². The summed E-state index contributed by atoms with van der Waals surface area (Å²) in [6, 6.07) is 14.3. The van der Waals surface area contributed by atoms with E-state index in [9.17, 15) is 0 Å². The van der Waals surface area contributed by atoms with Crippen LogP contribution < -0.4 is 5.32 Å². The van der Waals surface area contributed by atoms with E-state index in [2.05, 4.69) is 52.2 Å². The van der Waals surface area contributed by atoms with Gasteiger partial charge < -0.3 is 5.32 Å². The summed E-state index contributed by atoms with van der Waals surface area (Å²) >= 11 is 5.68. The van der Waals surface area contributed by atoms with Gasteiger partial charge in [0.05, 0.1) is 4.51 Å². The van der Waals surface area contributed by atoms with E-state index in [0.717, 1.165) is 51.2 Å². The van der Waals surface area contributed by atoms with Crippen molar-refractivity contribution < 1.29 is 0 Å². The van der Waals surface area contributed by atoms with Crippen LogP contribution in [-0.4, -0.2) is 9.55 Å². The number of para-hydroxylation sites is 1. The van der Waals surface area contributed by atoms with Gasteiger partial charge in [-0.2, -0.15) is 0 Å². The standard InChI is InChI=1S/C21H19N3S/c1-15-12-13-22-21-20(15)18(25)14-19(23-16-8-4-2-5-9-16)24(21)17-10-6-3-7-11-17/h3-4,6-14,23H,2,5H2,1H3. The molecule has 0 atom stereocenters. The molecule has 0 saturated heterocycles. The molecule has 0 aliphatic heterocycles. The summed E-state index contributed by atoms with van der Waals surface area (Å²) in [5.74, 6) is 0.930. The van der Waals surface area contributed by atoms with Crippen LogP contribution in [-0.2, 0) is 0 Å². The van der Waals surface area contributed by atoms with Crippen LogP contribution in [0.25, 0.3) is 16.7 Å². The molecule has 0 radical (unpaired) electrons. The molecule has 3 nitrogen and oxygen atoms in total. The highest BCUT2D eigenvalue weighted by molar-refractivity contribution is 7.71. The zero-order valence-corrected chi connectivity index (χ0v) is 14.9. The zero-order valence-electron chi connectivity index (χ0n) is 14.1. The number of aromatic nitrogens is 2. The number of pyridine rings is 2. The average Bonchev–Trinajstić information content (AvgIpc) is 2.63. The summed E-state index contributed by atoms with van der Waals surface area (Å²) < 4.78 is 2.96. The summed E-state index contributed by atoms with van der Waals surface area (Å²) in [5.41, 5.74) is 4.17. The topological polar surface area (TPSA) is 29.9 Å². The molecule has 1 aromatic carbocycles. The molecule has 2 heterocycles. The minimum Gasteiger partial charge on any atom is -0.342 e. The van der Waals surface area contributed by atoms with E-state index in [0.29, 0.717) is 0 Å². The van der Waals surface area contributed by atoms with Crippen LogP contribution in [0.1, 0.15) is 18.4 Å². The molecule has 4 rings (SSSR count). The summed E-state index contributed by atoms with van der Waals surface area (Å²) in [4.78, 5) is 4.65. The third-order valence-electron chi connectivity index (χ3n) is 4.39. The molecule has 1 aliphatic carbocycles. The Bertz CT molecular complexity index is 1050. The predicted molar refractivity (Wildman–Crippen MR) is 107 cm³/mol. The Kier molecular flexibility index (Phi) is 4.20. The van der Waals surface area contributed by atoms with E-state index in [1.54, 1.807) is 0 Å². The third kappa shape index (κ3) is 3.01. The molecule has 2 aromatic heterocycles. The maximum Gasteiger partial charge on any atom is 0.147 e. The van der Waals surface area contributed by atoms with Crippen molar-refractivity contribution in [3.63, 3.8) is 0 Å². The van der Waals surface area contributed by atoms with Crippen molar-refractivity contribution in [2.75, 3.05) is 5.32 Å². The Morgan fingerprint density at radius 3 is 2.72 bits per heavy atom. The van der Waals surface area contributed by atoms with Gasteiger partial charge in [0.25, 0.3) is 0 Å². The van der Waals surface area contributed by atoms with E-state index >= 15 is 0 Å². The van der Waals surface area contributed by atoms with E-state index in [1.807, 2.05) is 36.5 Å². The van der Waals surface area contributed by atoms with Gasteiger partial charge >= 0.3 is 0 Å². The highest BCUT2D eigenvalue weighted by Gasteiger charge is 2.12. The maximum atomic E-state index is 5.68. The second kappa shape index (κ2) is 6.65. The molecule has 1 N–H and O–H groups in total. The summed E-state index contributed by atoms with van der Waals surface area (Å²) in [6.45, 7) is 2.08. The molecule has 0 bridgehead atoms. The van der Waals surface area contributed by atoms with Crippen LogP contribution >= 0.6 is 12.2 Å². The molecular formula is C21H19N3S. The van der Waals surface area contributed by atoms with Crippen molar-refractivity contribution in [3.05, 3.63) is 82.7 Å². The van der Waals surface area contributed by atoms with Crippen molar-refractivity contribution in [2.45, 2.75) is 19.8 Å². The minimum absolute atomic E-state index is 0.815. The molecule has 0 unspecified atom stereocenters. The van der Waals surface area contributed by atoms with Crippen LogP contribution in [0.5, 0.6) is 0 Å². The second-order valence-corrected chi connectivity index (χ2v) is 6.60. The number of nitrogens with zero attached hydrogens (tertiary/aromatic N) is 2. The normalized spacial score (nSPS) is 13.7. The van der Waals surface area contributed by atoms with Crippen molar-refractivity contribution in [1.82, 2.24) is 9.55 Å². The molecule has 0 fully saturated rings. The Morgan fingerprint density at radius 1 is 1.12 bits per heavy atom. The number of nitrogens with one attached hydrogen (secondary N) is 1. The van der Waals surface area contributed by atoms with Gasteiger partial charge in [-0.1, -0.05) is 42.6 Å². The average molecular weight is 345 g/mol. The molecule has 124 valence electrons. The number of fused-ring (bicyclic) bond motifs is 1. The summed E-state index contributed by atoms with van der Waals surface area (Å²) in [7, 11) is 0. The quantitative estimate of drug-likeness (QED) is 0.617. The first-order chi connectivity index (χ1) is 12.2. The summed E-state index contributed by atoms with van der Waals surface area (Å²) in [5, 5.41) is 4.56. The lowest BCUT2D eigenvalue weighted by Gasteiger charge is -2.20. The van der Waals surface area contributed by atoms with Crippen molar-refractivity contribution in [3.8, 4) is 5.69 Å². The van der Waals surface area contributed by atoms with Gasteiger partial charge in [-0.3, -0.25) is 4.57 Å². The van der Waals surface area contributed by atoms with Crippen LogP contribution in [0, 0.1) is 11.4 Å². The number of anilines is 1. The smallest absolute Gasteiger partial charge is 0.147 e. The van der Waals surface area contributed by atoms with Gasteiger partial charge in [0.2, 0.25) is 0 Å². The number of hydrogen-bond donors (Lipinski definition) is 1. The highest BCUT2D eigenvalue weighted by atomic mass is 32.1. The fourth-order valence-corrected chi connectivity index (χ4v) is 3.54. The third-order valence-corrected chi connectivity index (χ3v) is 4.71. The van der Waals surface area contributed by atoms with Crippen molar-refractivity contribution >= 4 is 29.1 Å². The fourth-order valence-electron chi connectivity index (χ4n) is 3.18. The molecular weight excluding hydrogens is 326 g/mol. The van der Waals surface area contributed by atoms with Crippen LogP contribution in [0.3, 0.4) is 0 Å². The molecule has 0 amide bonds. The van der Waals surface area contributed by atoms with E-state index in [1.165, 1.54) is 0 Å². The molecule has 0 spiro atoms. The number of allylic oxidation sites excluding steroid dienone is 3. The lowest BCUT2D eigenvalue weighted by Crippen LogP contribution is -2.10. The first-order valence-corrected chi connectivity index (χ1v) is 8.85. The molecule has 4 heteroatoms. The van der Waals surface area contributed by atoms with E-state index in [4.69, 9.17) is 12.2 Å². The van der Waals surface area contributed by atoms with Crippen LogP contribution in [0.2, 0.25) is 0 Å². The van der Waals surface area contributed by atoms with Crippen molar-refractivity contribution in [2.24, 2.45) is 0 Å². The van der Waals surface area contributed by atoms with Crippen LogP contribution in [0.4, 0.5) is 5.82 Å². The second-order valence-electron chi connectivity index (χ2n) is 6.16. The Hall–Kier alpha value is -2.72. The first-order valence-electron chi connectivity index (χ1n) is 8.44. The zero-order chi connectivity index (χ0) is 17.2. The monoisotopic (exact) mass is 345 g/mol. The van der Waals surface area contributed by atoms with Gasteiger partial charge in [0.15, 0.2) is 0 Å². The molecule has 0 saturated carbocycles. The predicted octanol–water partition coefficient (Wildman–Crippen LogP) is 5.71. The van der Waals surface area contributed by atoms with Gasteiger partial charge in [0.1, 0.15) is 11.5 Å². The Labute approximate surface area is 152 Å².